The third-order valence-corrected chi connectivity index (χ3v) is 3.29. The third kappa shape index (κ3) is 1.61. The van der Waals surface area contributed by atoms with Crippen LogP contribution in [0.25, 0.3) is 0 Å². The van der Waals surface area contributed by atoms with Crippen LogP contribution in [0.4, 0.5) is 0 Å². The Morgan fingerprint density at radius 2 is 2.14 bits per heavy atom. The van der Waals surface area contributed by atoms with Crippen LogP contribution < -0.4 is 5.32 Å². The Hall–Kier alpha value is -1.06. The van der Waals surface area contributed by atoms with E-state index in [1.165, 1.54) is 12.8 Å². The number of carbonyl (C=O) groups excluding carboxylic acids is 2. The predicted molar refractivity (Wildman–Crippen MR) is 51.5 cm³/mol. The summed E-state index contributed by atoms with van der Waals surface area (Å²) in [4.78, 5) is 24.5. The Bertz CT molecular complexity index is 265. The Morgan fingerprint density at radius 1 is 1.36 bits per heavy atom. The van der Waals surface area contributed by atoms with Crippen molar-refractivity contribution in [2.24, 2.45) is 5.92 Å². The molecular weight excluding hydrogens is 180 g/mol. The fourth-order valence-electron chi connectivity index (χ4n) is 2.47. The van der Waals surface area contributed by atoms with Gasteiger partial charge in [-0.05, 0) is 18.8 Å². The van der Waals surface area contributed by atoms with Crippen molar-refractivity contribution < 1.29 is 9.59 Å². The van der Waals surface area contributed by atoms with Crippen LogP contribution in [0.3, 0.4) is 0 Å². The van der Waals surface area contributed by atoms with Crippen LogP contribution >= 0.6 is 0 Å². The van der Waals surface area contributed by atoms with Crippen molar-refractivity contribution in [3.8, 4) is 0 Å². The van der Waals surface area contributed by atoms with E-state index in [1.54, 1.807) is 4.90 Å². The lowest BCUT2D eigenvalue weighted by molar-refractivity contribution is -0.143. The summed E-state index contributed by atoms with van der Waals surface area (Å²) in [6.45, 7) is 2.60. The Morgan fingerprint density at radius 3 is 2.79 bits per heavy atom. The molecule has 1 aliphatic heterocycles. The first-order chi connectivity index (χ1) is 6.68. The Kier molecular flexibility index (Phi) is 2.44. The normalized spacial score (nSPS) is 33.4. The summed E-state index contributed by atoms with van der Waals surface area (Å²) in [6, 6.07) is 0.300. The highest BCUT2D eigenvalue weighted by molar-refractivity contribution is 5.92. The van der Waals surface area contributed by atoms with E-state index in [0.29, 0.717) is 12.0 Å². The molecule has 1 saturated heterocycles. The van der Waals surface area contributed by atoms with Crippen molar-refractivity contribution in [2.45, 2.75) is 32.2 Å². The molecule has 2 fully saturated rings. The molecule has 1 aliphatic carbocycles. The lowest BCUT2D eigenvalue weighted by atomic mass is 10.0. The molecule has 78 valence electrons. The minimum absolute atomic E-state index is 0.0244. The number of amides is 2. The van der Waals surface area contributed by atoms with Gasteiger partial charge in [-0.1, -0.05) is 13.3 Å². The molecule has 0 radical (unpaired) electrons. The largest absolute Gasteiger partial charge is 0.345 e. The number of rotatable bonds is 1. The molecular formula is C10H16N2O2. The Balaban J connectivity index is 2.07. The lowest BCUT2D eigenvalue weighted by Gasteiger charge is -2.34. The molecule has 2 amide bonds. The lowest BCUT2D eigenvalue weighted by Crippen LogP contribution is -2.55. The van der Waals surface area contributed by atoms with Gasteiger partial charge in [-0.2, -0.15) is 0 Å². The highest BCUT2D eigenvalue weighted by Crippen LogP contribution is 2.29. The fraction of sp³-hybridized carbons (Fsp3) is 0.800. The maximum atomic E-state index is 11.6. The molecule has 1 N–H and O–H groups in total. The molecule has 0 aromatic heterocycles. The minimum atomic E-state index is -0.0244. The van der Waals surface area contributed by atoms with Crippen molar-refractivity contribution in [3.63, 3.8) is 0 Å². The van der Waals surface area contributed by atoms with E-state index in [4.69, 9.17) is 0 Å². The van der Waals surface area contributed by atoms with Gasteiger partial charge < -0.3 is 10.2 Å². The van der Waals surface area contributed by atoms with Gasteiger partial charge >= 0.3 is 0 Å². The summed E-state index contributed by atoms with van der Waals surface area (Å²) in [5.41, 5.74) is 0. The standard InChI is InChI=1S/C10H16N2O2/c1-7-3-2-4-8(7)12-6-9(13)11-5-10(12)14/h7-8H,2-6H2,1H3,(H,11,13). The van der Waals surface area contributed by atoms with Crippen LogP contribution in [0, 0.1) is 5.92 Å². The van der Waals surface area contributed by atoms with Crippen molar-refractivity contribution >= 4 is 11.8 Å². The smallest absolute Gasteiger partial charge is 0.242 e. The van der Waals surface area contributed by atoms with Crippen LogP contribution in [-0.4, -0.2) is 35.8 Å². The molecule has 0 aromatic rings. The molecule has 4 nitrogen and oxygen atoms in total. The summed E-state index contributed by atoms with van der Waals surface area (Å²) in [5, 5.41) is 2.57. The molecule has 4 heteroatoms. The topological polar surface area (TPSA) is 49.4 Å². The van der Waals surface area contributed by atoms with E-state index in [9.17, 15) is 9.59 Å². The highest BCUT2D eigenvalue weighted by atomic mass is 16.2. The summed E-state index contributed by atoms with van der Waals surface area (Å²) in [5.74, 6) is 0.594. The van der Waals surface area contributed by atoms with Gasteiger partial charge in [0.2, 0.25) is 11.8 Å². The van der Waals surface area contributed by atoms with Crippen LogP contribution in [0.5, 0.6) is 0 Å². The molecule has 2 unspecified atom stereocenters. The number of hydrogen-bond acceptors (Lipinski definition) is 2. The van der Waals surface area contributed by atoms with E-state index < -0.39 is 0 Å². The van der Waals surface area contributed by atoms with E-state index in [2.05, 4.69) is 12.2 Å². The summed E-state index contributed by atoms with van der Waals surface area (Å²) in [7, 11) is 0. The maximum Gasteiger partial charge on any atom is 0.242 e. The van der Waals surface area contributed by atoms with Crippen molar-refractivity contribution in [1.82, 2.24) is 10.2 Å². The summed E-state index contributed by atoms with van der Waals surface area (Å²) < 4.78 is 0. The molecule has 0 bridgehead atoms. The minimum Gasteiger partial charge on any atom is -0.345 e. The molecule has 2 atom stereocenters. The Labute approximate surface area is 83.6 Å². The van der Waals surface area contributed by atoms with E-state index >= 15 is 0 Å². The SMILES string of the molecule is CC1CCCC1N1CC(=O)NCC1=O. The number of hydrogen-bond donors (Lipinski definition) is 1. The average Bonchev–Trinajstić information content (AvgIpc) is 2.56. The summed E-state index contributed by atoms with van der Waals surface area (Å²) >= 11 is 0. The van der Waals surface area contributed by atoms with Crippen molar-refractivity contribution in [1.29, 1.82) is 0 Å². The van der Waals surface area contributed by atoms with Gasteiger partial charge in [0.1, 0.15) is 0 Å². The number of nitrogens with zero attached hydrogens (tertiary/aromatic N) is 1. The molecule has 14 heavy (non-hydrogen) atoms. The third-order valence-electron chi connectivity index (χ3n) is 3.29. The average molecular weight is 196 g/mol. The fourth-order valence-corrected chi connectivity index (χ4v) is 2.47. The van der Waals surface area contributed by atoms with Crippen LogP contribution in [0.2, 0.25) is 0 Å². The van der Waals surface area contributed by atoms with Gasteiger partial charge in [0.05, 0.1) is 13.1 Å². The quantitative estimate of drug-likeness (QED) is 0.648. The number of nitrogens with one attached hydrogen (secondary N) is 1. The van der Waals surface area contributed by atoms with Gasteiger partial charge in [-0.3, -0.25) is 9.59 Å². The van der Waals surface area contributed by atoms with Gasteiger partial charge in [0.15, 0.2) is 0 Å². The van der Waals surface area contributed by atoms with Crippen LogP contribution in [0.1, 0.15) is 26.2 Å². The second-order valence-electron chi connectivity index (χ2n) is 4.27. The first-order valence-corrected chi connectivity index (χ1v) is 5.24. The van der Waals surface area contributed by atoms with Crippen LogP contribution in [0.15, 0.2) is 0 Å². The molecule has 1 heterocycles. The maximum absolute atomic E-state index is 11.6. The predicted octanol–water partition coefficient (Wildman–Crippen LogP) is 0.133. The first-order valence-electron chi connectivity index (χ1n) is 5.24. The van der Waals surface area contributed by atoms with Gasteiger partial charge in [-0.15, -0.1) is 0 Å². The van der Waals surface area contributed by atoms with Crippen molar-refractivity contribution in [2.75, 3.05) is 13.1 Å². The van der Waals surface area contributed by atoms with Gasteiger partial charge in [0, 0.05) is 6.04 Å². The van der Waals surface area contributed by atoms with Crippen LogP contribution in [-0.2, 0) is 9.59 Å². The van der Waals surface area contributed by atoms with E-state index in [-0.39, 0.29) is 24.9 Å². The first kappa shape index (κ1) is 9.49. The van der Waals surface area contributed by atoms with Gasteiger partial charge in [0.25, 0.3) is 0 Å². The number of carbonyl (C=O) groups is 2. The zero-order valence-corrected chi connectivity index (χ0v) is 8.45. The highest BCUT2D eigenvalue weighted by Gasteiger charge is 2.35. The van der Waals surface area contributed by atoms with Crippen molar-refractivity contribution in [3.05, 3.63) is 0 Å². The van der Waals surface area contributed by atoms with E-state index in [1.807, 2.05) is 0 Å². The van der Waals surface area contributed by atoms with Gasteiger partial charge in [-0.25, -0.2) is 0 Å². The second kappa shape index (κ2) is 3.59. The van der Waals surface area contributed by atoms with E-state index in [0.717, 1.165) is 6.42 Å². The number of piperazine rings is 1. The molecule has 2 rings (SSSR count). The summed E-state index contributed by atoms with van der Waals surface area (Å²) in [6.07, 6.45) is 3.41. The molecule has 0 spiro atoms. The molecule has 0 aromatic carbocycles. The molecule has 1 saturated carbocycles. The zero-order chi connectivity index (χ0) is 10.1. The second-order valence-corrected chi connectivity index (χ2v) is 4.27. The molecule has 2 aliphatic rings. The monoisotopic (exact) mass is 196 g/mol. The zero-order valence-electron chi connectivity index (χ0n) is 8.45.